The number of carbonyl (C=O) groups is 6. The summed E-state index contributed by atoms with van der Waals surface area (Å²) in [5, 5.41) is 7.18. The molecule has 2 N–H and O–H groups in total. The summed E-state index contributed by atoms with van der Waals surface area (Å²) >= 11 is 0. The molecule has 0 spiro atoms. The molecular weight excluding hydrogens is 1030 g/mol. The summed E-state index contributed by atoms with van der Waals surface area (Å²) in [6, 6.07) is 33.8. The van der Waals surface area contributed by atoms with Gasteiger partial charge in [0.2, 0.25) is 43.7 Å². The second-order valence-corrected chi connectivity index (χ2v) is 24.3. The third-order valence-corrected chi connectivity index (χ3v) is 19.8. The summed E-state index contributed by atoms with van der Waals surface area (Å²) in [6.45, 7) is -1.23. The standard InChI is InChI=1S/C52H52N6O12S4/c1-55(31-47(59)53-43-19-11-9-17-41(43)51(63)69-3)49(61)45-27-37(29-57(45)73(65,66)39-23-21-33-13-5-7-15-35(33)25-39)71-72-38-28-46(58(30-38)74(67,68)40-24-22-34-14-6-8-16-36(34)26-40)50(62)56(2)32-48(60)54-44-20-12-10-18-42(44)52(64)70-4/h5-26,37-38,45-46H,27-32H2,1-4H3,(H,53,59)(H,54,60)/t37-,38-,45+,46+/m1/s1. The zero-order chi connectivity index (χ0) is 52.9. The Bertz CT molecular complexity index is 3170. The molecule has 22 heteroatoms. The lowest BCUT2D eigenvalue weighted by Crippen LogP contribution is -2.48. The smallest absolute Gasteiger partial charge is 0.339 e. The fraction of sp³-hybridized carbons (Fsp3) is 0.269. The van der Waals surface area contributed by atoms with Crippen molar-refractivity contribution in [2.45, 2.75) is 45.2 Å². The lowest BCUT2D eigenvalue weighted by Gasteiger charge is -2.27. The Morgan fingerprint density at radius 3 is 1.26 bits per heavy atom. The molecule has 2 aliphatic rings. The first-order chi connectivity index (χ1) is 35.4. The molecule has 2 aliphatic heterocycles. The van der Waals surface area contributed by atoms with Crippen molar-refractivity contribution in [1.29, 1.82) is 0 Å². The number of para-hydroxylation sites is 2. The molecule has 0 bridgehead atoms. The van der Waals surface area contributed by atoms with E-state index in [0.717, 1.165) is 29.2 Å². The minimum Gasteiger partial charge on any atom is -0.465 e. The molecule has 0 aromatic heterocycles. The molecule has 0 radical (unpaired) electrons. The van der Waals surface area contributed by atoms with E-state index in [2.05, 4.69) is 10.6 Å². The average molecular weight is 1080 g/mol. The topological polar surface area (TPSA) is 226 Å². The summed E-state index contributed by atoms with van der Waals surface area (Å²) in [5.74, 6) is -3.97. The van der Waals surface area contributed by atoms with Crippen LogP contribution in [0.4, 0.5) is 11.4 Å². The van der Waals surface area contributed by atoms with Gasteiger partial charge in [0.05, 0.1) is 59.6 Å². The minimum absolute atomic E-state index is 0.0194. The summed E-state index contributed by atoms with van der Waals surface area (Å²) in [4.78, 5) is 82.6. The number of nitrogens with one attached hydrogen (secondary N) is 2. The number of ether oxygens (including phenoxy) is 2. The maximum atomic E-state index is 14.7. The number of benzene rings is 6. The molecule has 4 atom stereocenters. The lowest BCUT2D eigenvalue weighted by atomic mass is 10.1. The van der Waals surface area contributed by atoms with Gasteiger partial charge in [0, 0.05) is 37.7 Å². The maximum Gasteiger partial charge on any atom is 0.339 e. The molecule has 6 aromatic rings. The predicted octanol–water partition coefficient (Wildman–Crippen LogP) is 6.11. The van der Waals surface area contributed by atoms with Gasteiger partial charge in [0.15, 0.2) is 0 Å². The molecule has 2 fully saturated rings. The van der Waals surface area contributed by atoms with Crippen molar-refractivity contribution in [2.24, 2.45) is 0 Å². The van der Waals surface area contributed by atoms with Gasteiger partial charge in [-0.25, -0.2) is 26.4 Å². The van der Waals surface area contributed by atoms with E-state index in [4.69, 9.17) is 9.47 Å². The van der Waals surface area contributed by atoms with Gasteiger partial charge in [-0.05, 0) is 82.9 Å². The van der Waals surface area contributed by atoms with Crippen LogP contribution in [0.1, 0.15) is 33.6 Å². The molecular formula is C52H52N6O12S4. The maximum absolute atomic E-state index is 14.7. The fourth-order valence-corrected chi connectivity index (χ4v) is 15.6. The van der Waals surface area contributed by atoms with Crippen molar-refractivity contribution in [3.8, 4) is 0 Å². The number of carbonyl (C=O) groups excluding carboxylic acids is 6. The van der Waals surface area contributed by atoms with Crippen LogP contribution in [-0.4, -0.2) is 148 Å². The average Bonchev–Trinajstić information content (AvgIpc) is 4.06. The fourth-order valence-electron chi connectivity index (χ4n) is 8.98. The van der Waals surface area contributed by atoms with E-state index in [9.17, 15) is 45.6 Å². The van der Waals surface area contributed by atoms with E-state index in [1.54, 1.807) is 72.8 Å². The van der Waals surface area contributed by atoms with Gasteiger partial charge >= 0.3 is 11.9 Å². The highest BCUT2D eigenvalue weighted by Crippen LogP contribution is 2.44. The van der Waals surface area contributed by atoms with Gasteiger partial charge in [-0.1, -0.05) is 107 Å². The molecule has 74 heavy (non-hydrogen) atoms. The normalized spacial score (nSPS) is 18.2. The SMILES string of the molecule is COC(=O)c1ccccc1NC(=O)CN(C)C(=O)[C@@H]1C[C@@H](SS[C@@H]2C[C@@H](C(=O)N(C)CC(=O)Nc3ccccc3C(=O)OC)N(S(=O)(=O)c3ccc4ccccc4c3)C2)CN1S(=O)(=O)c1ccc2ccccc2c1. The number of rotatable bonds is 17. The van der Waals surface area contributed by atoms with Crippen molar-refractivity contribution >= 4 is 110 Å². The van der Waals surface area contributed by atoms with Gasteiger partial charge in [0.1, 0.15) is 12.1 Å². The number of amides is 4. The van der Waals surface area contributed by atoms with E-state index in [1.807, 2.05) is 24.3 Å². The third-order valence-electron chi connectivity index (χ3n) is 12.7. The number of methoxy groups -OCH3 is 2. The van der Waals surface area contributed by atoms with E-state index in [0.29, 0.717) is 10.8 Å². The Morgan fingerprint density at radius 2 is 0.878 bits per heavy atom. The Balaban J connectivity index is 1.03. The van der Waals surface area contributed by atoms with Crippen LogP contribution >= 0.6 is 21.6 Å². The lowest BCUT2D eigenvalue weighted by molar-refractivity contribution is -0.136. The molecule has 0 saturated carbocycles. The van der Waals surface area contributed by atoms with Crippen LogP contribution in [0, 0.1) is 0 Å². The van der Waals surface area contributed by atoms with Crippen LogP contribution < -0.4 is 10.6 Å². The van der Waals surface area contributed by atoms with Gasteiger partial charge in [0.25, 0.3) is 0 Å². The van der Waals surface area contributed by atoms with Crippen LogP contribution in [0.3, 0.4) is 0 Å². The van der Waals surface area contributed by atoms with E-state index in [-0.39, 0.29) is 58.2 Å². The first-order valence-corrected chi connectivity index (χ1v) is 28.3. The Labute approximate surface area is 436 Å². The summed E-state index contributed by atoms with van der Waals surface area (Å²) < 4.78 is 70.6. The van der Waals surface area contributed by atoms with Crippen LogP contribution in [0.15, 0.2) is 143 Å². The molecule has 4 amide bonds. The monoisotopic (exact) mass is 1080 g/mol. The number of hydrogen-bond donors (Lipinski definition) is 2. The molecule has 0 aliphatic carbocycles. The molecule has 386 valence electrons. The molecule has 2 heterocycles. The molecule has 6 aromatic carbocycles. The van der Waals surface area contributed by atoms with E-state index >= 15 is 0 Å². The van der Waals surface area contributed by atoms with Crippen LogP contribution in [0.2, 0.25) is 0 Å². The Morgan fingerprint density at radius 1 is 0.527 bits per heavy atom. The van der Waals surface area contributed by atoms with Crippen LogP contribution in [-0.2, 0) is 48.7 Å². The molecule has 8 rings (SSSR count). The Hall–Kier alpha value is -6.82. The molecule has 18 nitrogen and oxygen atoms in total. The number of likely N-dealkylation sites (N-methyl/N-ethyl adjacent to an activating group) is 2. The van der Waals surface area contributed by atoms with Crippen LogP contribution in [0.5, 0.6) is 0 Å². The number of esters is 2. The first kappa shape index (κ1) is 53.5. The highest BCUT2D eigenvalue weighted by molar-refractivity contribution is 8.77. The zero-order valence-corrected chi connectivity index (χ0v) is 43.8. The first-order valence-electron chi connectivity index (χ1n) is 23.2. The van der Waals surface area contributed by atoms with Crippen molar-refractivity contribution in [1.82, 2.24) is 18.4 Å². The van der Waals surface area contributed by atoms with Crippen molar-refractivity contribution in [2.75, 3.05) is 65.1 Å². The molecule has 0 unspecified atom stereocenters. The largest absolute Gasteiger partial charge is 0.465 e. The quantitative estimate of drug-likeness (QED) is 0.0777. The van der Waals surface area contributed by atoms with Gasteiger partial charge < -0.3 is 29.9 Å². The number of hydrogen-bond acceptors (Lipinski definition) is 14. The van der Waals surface area contributed by atoms with Gasteiger partial charge in [-0.3, -0.25) is 19.2 Å². The van der Waals surface area contributed by atoms with E-state index in [1.165, 1.54) is 86.3 Å². The number of fused-ring (bicyclic) bond motifs is 2. The summed E-state index contributed by atoms with van der Waals surface area (Å²) in [5.41, 5.74) is 0.520. The number of nitrogens with zero attached hydrogens (tertiary/aromatic N) is 4. The third kappa shape index (κ3) is 11.6. The highest BCUT2D eigenvalue weighted by atomic mass is 33.1. The van der Waals surface area contributed by atoms with Gasteiger partial charge in [-0.15, -0.1) is 0 Å². The Kier molecular flexibility index (Phi) is 16.4. The van der Waals surface area contributed by atoms with Crippen molar-refractivity contribution in [3.63, 3.8) is 0 Å². The molecule has 2 saturated heterocycles. The van der Waals surface area contributed by atoms with Gasteiger partial charge in [-0.2, -0.15) is 8.61 Å². The second-order valence-electron chi connectivity index (χ2n) is 17.7. The second kappa shape index (κ2) is 22.7. The zero-order valence-electron chi connectivity index (χ0n) is 40.6. The number of anilines is 2. The van der Waals surface area contributed by atoms with Crippen LogP contribution in [0.25, 0.3) is 21.5 Å². The minimum atomic E-state index is -4.35. The summed E-state index contributed by atoms with van der Waals surface area (Å²) in [7, 11) is -0.976. The predicted molar refractivity (Wildman–Crippen MR) is 283 cm³/mol. The summed E-state index contributed by atoms with van der Waals surface area (Å²) in [6.07, 6.45) is 0.0389. The highest BCUT2D eigenvalue weighted by Gasteiger charge is 2.48. The number of sulfonamides is 2. The van der Waals surface area contributed by atoms with Crippen molar-refractivity contribution in [3.05, 3.63) is 145 Å². The van der Waals surface area contributed by atoms with Crippen molar-refractivity contribution < 1.29 is 55.1 Å². The van der Waals surface area contributed by atoms with E-state index < -0.39 is 91.3 Å².